The standard InChI is InChI=1S/C20H16Cl2N4O3/c1-12-8-15(13(2)25(12)19-10-16(21)6-7-18(19)22)11-23-24-20(27)14-4-3-5-17(9-14)26(28)29/h3-11H,1-2H3,(H,24,27)/b23-11-. The van der Waals surface area contributed by atoms with Gasteiger partial charge in [0, 0.05) is 39.7 Å². The lowest BCUT2D eigenvalue weighted by atomic mass is 10.2. The minimum atomic E-state index is -0.560. The van der Waals surface area contributed by atoms with Gasteiger partial charge in [-0.1, -0.05) is 29.3 Å². The highest BCUT2D eigenvalue weighted by Gasteiger charge is 2.13. The summed E-state index contributed by atoms with van der Waals surface area (Å²) in [6.07, 6.45) is 1.51. The number of nitrogens with one attached hydrogen (secondary N) is 1. The quantitative estimate of drug-likeness (QED) is 0.347. The normalized spacial score (nSPS) is 11.0. The molecule has 3 aromatic rings. The van der Waals surface area contributed by atoms with Gasteiger partial charge in [0.15, 0.2) is 0 Å². The summed E-state index contributed by atoms with van der Waals surface area (Å²) >= 11 is 12.4. The summed E-state index contributed by atoms with van der Waals surface area (Å²) in [4.78, 5) is 22.5. The minimum absolute atomic E-state index is 0.146. The van der Waals surface area contributed by atoms with Gasteiger partial charge in [0.25, 0.3) is 11.6 Å². The Bertz CT molecular complexity index is 1140. The van der Waals surface area contributed by atoms with Crippen molar-refractivity contribution in [2.24, 2.45) is 5.10 Å². The predicted molar refractivity (Wildman–Crippen MR) is 113 cm³/mol. The van der Waals surface area contributed by atoms with E-state index < -0.39 is 10.8 Å². The summed E-state index contributed by atoms with van der Waals surface area (Å²) in [6.45, 7) is 3.82. The van der Waals surface area contributed by atoms with E-state index in [9.17, 15) is 14.9 Å². The van der Waals surface area contributed by atoms with Gasteiger partial charge in [0.2, 0.25) is 0 Å². The number of carbonyl (C=O) groups is 1. The van der Waals surface area contributed by atoms with Gasteiger partial charge in [-0.3, -0.25) is 14.9 Å². The van der Waals surface area contributed by atoms with Crippen LogP contribution in [0.2, 0.25) is 10.0 Å². The van der Waals surface area contributed by atoms with Gasteiger partial charge in [-0.05, 0) is 44.2 Å². The van der Waals surface area contributed by atoms with Crippen LogP contribution in [0.25, 0.3) is 5.69 Å². The fourth-order valence-electron chi connectivity index (χ4n) is 2.93. The summed E-state index contributed by atoms with van der Waals surface area (Å²) < 4.78 is 1.94. The first-order valence-electron chi connectivity index (χ1n) is 8.50. The topological polar surface area (TPSA) is 89.5 Å². The van der Waals surface area contributed by atoms with Crippen molar-refractivity contribution in [2.45, 2.75) is 13.8 Å². The number of non-ortho nitro benzene ring substituents is 1. The number of hydrogen-bond donors (Lipinski definition) is 1. The Morgan fingerprint density at radius 1 is 1.17 bits per heavy atom. The Labute approximate surface area is 176 Å². The number of nitro groups is 1. The first kappa shape index (κ1) is 20.6. The highest BCUT2D eigenvalue weighted by atomic mass is 35.5. The number of hydrogen-bond acceptors (Lipinski definition) is 4. The molecule has 0 aliphatic rings. The molecule has 0 fully saturated rings. The van der Waals surface area contributed by atoms with Crippen LogP contribution in [0.4, 0.5) is 5.69 Å². The second-order valence-corrected chi connectivity index (χ2v) is 7.11. The molecule has 0 bridgehead atoms. The lowest BCUT2D eigenvalue weighted by molar-refractivity contribution is -0.384. The van der Waals surface area contributed by atoms with Crippen LogP contribution in [-0.4, -0.2) is 21.6 Å². The van der Waals surface area contributed by atoms with Crippen LogP contribution >= 0.6 is 23.2 Å². The zero-order valence-electron chi connectivity index (χ0n) is 15.5. The molecule has 2 aromatic carbocycles. The van der Waals surface area contributed by atoms with Crippen molar-refractivity contribution >= 4 is 41.0 Å². The van der Waals surface area contributed by atoms with Crippen LogP contribution in [0, 0.1) is 24.0 Å². The van der Waals surface area contributed by atoms with Crippen molar-refractivity contribution in [3.8, 4) is 5.69 Å². The molecule has 0 saturated heterocycles. The number of nitrogens with zero attached hydrogens (tertiary/aromatic N) is 3. The summed E-state index contributed by atoms with van der Waals surface area (Å²) in [5.41, 5.74) is 5.66. The third-order valence-corrected chi connectivity index (χ3v) is 4.86. The molecule has 0 aliphatic carbocycles. The zero-order valence-corrected chi connectivity index (χ0v) is 17.0. The zero-order chi connectivity index (χ0) is 21.1. The maximum Gasteiger partial charge on any atom is 0.271 e. The molecule has 1 aromatic heterocycles. The molecule has 29 heavy (non-hydrogen) atoms. The van der Waals surface area contributed by atoms with E-state index in [0.717, 1.165) is 22.6 Å². The van der Waals surface area contributed by atoms with Gasteiger partial charge in [0.05, 0.1) is 21.8 Å². The van der Waals surface area contributed by atoms with Crippen LogP contribution in [-0.2, 0) is 0 Å². The number of nitro benzene ring substituents is 1. The Morgan fingerprint density at radius 3 is 2.66 bits per heavy atom. The van der Waals surface area contributed by atoms with Crippen LogP contribution in [0.15, 0.2) is 53.6 Å². The molecule has 7 nitrogen and oxygen atoms in total. The molecule has 0 saturated carbocycles. The number of benzene rings is 2. The molecule has 9 heteroatoms. The van der Waals surface area contributed by atoms with Crippen LogP contribution in [0.3, 0.4) is 0 Å². The number of halogens is 2. The van der Waals surface area contributed by atoms with E-state index in [0.29, 0.717) is 10.0 Å². The van der Waals surface area contributed by atoms with Crippen molar-refractivity contribution in [3.63, 3.8) is 0 Å². The third-order valence-electron chi connectivity index (χ3n) is 4.31. The molecule has 0 radical (unpaired) electrons. The number of hydrazone groups is 1. The van der Waals surface area contributed by atoms with Gasteiger partial charge in [-0.25, -0.2) is 5.43 Å². The van der Waals surface area contributed by atoms with E-state index in [1.165, 1.54) is 30.5 Å². The number of carbonyl (C=O) groups excluding carboxylic acids is 1. The third kappa shape index (κ3) is 4.47. The number of aromatic nitrogens is 1. The molecular formula is C20H16Cl2N4O3. The summed E-state index contributed by atoms with van der Waals surface area (Å²) in [5, 5.41) is 15.9. The lowest BCUT2D eigenvalue weighted by Crippen LogP contribution is -2.17. The fourth-order valence-corrected chi connectivity index (χ4v) is 3.30. The molecule has 0 atom stereocenters. The summed E-state index contributed by atoms with van der Waals surface area (Å²) in [6, 6.07) is 12.5. The molecule has 1 heterocycles. The number of rotatable bonds is 5. The fraction of sp³-hybridized carbons (Fsp3) is 0.100. The average Bonchev–Trinajstić information content (AvgIpc) is 2.97. The molecule has 0 unspecified atom stereocenters. The molecule has 148 valence electrons. The number of amides is 1. The van der Waals surface area contributed by atoms with Crippen LogP contribution < -0.4 is 5.43 Å². The monoisotopic (exact) mass is 430 g/mol. The largest absolute Gasteiger partial charge is 0.316 e. The highest BCUT2D eigenvalue weighted by molar-refractivity contribution is 6.34. The molecule has 3 rings (SSSR count). The van der Waals surface area contributed by atoms with Gasteiger partial charge in [-0.15, -0.1) is 0 Å². The number of aryl methyl sites for hydroxylation is 1. The second kappa shape index (κ2) is 8.46. The maximum atomic E-state index is 12.2. The van der Waals surface area contributed by atoms with E-state index in [2.05, 4.69) is 10.5 Å². The van der Waals surface area contributed by atoms with E-state index in [4.69, 9.17) is 23.2 Å². The van der Waals surface area contributed by atoms with Crippen LogP contribution in [0.1, 0.15) is 27.3 Å². The van der Waals surface area contributed by atoms with Gasteiger partial charge < -0.3 is 4.57 Å². The van der Waals surface area contributed by atoms with Gasteiger partial charge in [-0.2, -0.15) is 5.10 Å². The molecular weight excluding hydrogens is 415 g/mol. The van der Waals surface area contributed by atoms with E-state index >= 15 is 0 Å². The van der Waals surface area contributed by atoms with Crippen LogP contribution in [0.5, 0.6) is 0 Å². The summed E-state index contributed by atoms with van der Waals surface area (Å²) in [5.74, 6) is -0.545. The molecule has 1 N–H and O–H groups in total. The summed E-state index contributed by atoms with van der Waals surface area (Å²) in [7, 11) is 0. The Kier molecular flexibility index (Phi) is 6.00. The Hall–Kier alpha value is -3.16. The predicted octanol–water partition coefficient (Wildman–Crippen LogP) is 5.07. The minimum Gasteiger partial charge on any atom is -0.316 e. The van der Waals surface area contributed by atoms with Crippen molar-refractivity contribution in [1.29, 1.82) is 0 Å². The first-order valence-corrected chi connectivity index (χ1v) is 9.25. The Balaban J connectivity index is 1.82. The van der Waals surface area contributed by atoms with Crippen molar-refractivity contribution < 1.29 is 9.72 Å². The molecule has 0 spiro atoms. The first-order chi connectivity index (χ1) is 13.8. The van der Waals surface area contributed by atoms with E-state index in [1.807, 2.05) is 24.5 Å². The second-order valence-electron chi connectivity index (χ2n) is 6.26. The molecule has 1 amide bonds. The smallest absolute Gasteiger partial charge is 0.271 e. The van der Waals surface area contributed by atoms with Crippen molar-refractivity contribution in [3.05, 3.63) is 91.2 Å². The maximum absolute atomic E-state index is 12.2. The Morgan fingerprint density at radius 2 is 1.93 bits per heavy atom. The lowest BCUT2D eigenvalue weighted by Gasteiger charge is -2.12. The van der Waals surface area contributed by atoms with Crippen molar-refractivity contribution in [2.75, 3.05) is 0 Å². The van der Waals surface area contributed by atoms with E-state index in [-0.39, 0.29) is 11.3 Å². The average molecular weight is 431 g/mol. The SMILES string of the molecule is Cc1cc(/C=N\NC(=O)c2cccc([N+](=O)[O-])c2)c(C)n1-c1cc(Cl)ccc1Cl. The van der Waals surface area contributed by atoms with E-state index in [1.54, 1.807) is 18.2 Å². The highest BCUT2D eigenvalue weighted by Crippen LogP contribution is 2.28. The van der Waals surface area contributed by atoms with Gasteiger partial charge in [0.1, 0.15) is 0 Å². The van der Waals surface area contributed by atoms with Gasteiger partial charge >= 0.3 is 0 Å². The molecule has 0 aliphatic heterocycles. The van der Waals surface area contributed by atoms with Crippen molar-refractivity contribution in [1.82, 2.24) is 9.99 Å².